The van der Waals surface area contributed by atoms with Gasteiger partial charge in [0.05, 0.1) is 5.56 Å². The fraction of sp³-hybridized carbons (Fsp3) is 0.500. The van der Waals surface area contributed by atoms with E-state index in [0.717, 1.165) is 29.7 Å². The third-order valence-electron chi connectivity index (χ3n) is 4.86. The van der Waals surface area contributed by atoms with Crippen LogP contribution in [0, 0.1) is 20.8 Å². The van der Waals surface area contributed by atoms with E-state index in [2.05, 4.69) is 16.5 Å². The fourth-order valence-electron chi connectivity index (χ4n) is 3.25. The SMILES string of the molecule is Cc1ccc(C)c(OCc2c(C(=O)NC3CCCCC3)noc2C)c1. The van der Waals surface area contributed by atoms with Gasteiger partial charge in [0.15, 0.2) is 5.69 Å². The Labute approximate surface area is 148 Å². The number of hydrogen-bond acceptors (Lipinski definition) is 4. The fourth-order valence-corrected chi connectivity index (χ4v) is 3.25. The molecule has 3 rings (SSSR count). The topological polar surface area (TPSA) is 64.4 Å². The van der Waals surface area contributed by atoms with Crippen LogP contribution in [0.15, 0.2) is 22.7 Å². The van der Waals surface area contributed by atoms with E-state index < -0.39 is 0 Å². The zero-order valence-electron chi connectivity index (χ0n) is 15.2. The lowest BCUT2D eigenvalue weighted by Gasteiger charge is -2.22. The van der Waals surface area contributed by atoms with Crippen LogP contribution in [0.5, 0.6) is 5.75 Å². The van der Waals surface area contributed by atoms with E-state index in [1.54, 1.807) is 0 Å². The first-order valence-corrected chi connectivity index (χ1v) is 9.00. The van der Waals surface area contributed by atoms with Gasteiger partial charge in [0.25, 0.3) is 5.91 Å². The number of rotatable bonds is 5. The average Bonchev–Trinajstić information content (AvgIpc) is 2.97. The van der Waals surface area contributed by atoms with Crippen LogP contribution in [0.3, 0.4) is 0 Å². The summed E-state index contributed by atoms with van der Waals surface area (Å²) in [6.45, 7) is 6.12. The molecule has 1 aromatic heterocycles. The molecule has 25 heavy (non-hydrogen) atoms. The van der Waals surface area contributed by atoms with Gasteiger partial charge < -0.3 is 14.6 Å². The Morgan fingerprint density at radius 3 is 2.76 bits per heavy atom. The highest BCUT2D eigenvalue weighted by Gasteiger charge is 2.23. The first-order chi connectivity index (χ1) is 12.0. The van der Waals surface area contributed by atoms with E-state index in [9.17, 15) is 4.79 Å². The number of nitrogens with zero attached hydrogens (tertiary/aromatic N) is 1. The smallest absolute Gasteiger partial charge is 0.274 e. The number of hydrogen-bond donors (Lipinski definition) is 1. The van der Waals surface area contributed by atoms with Crippen LogP contribution in [-0.4, -0.2) is 17.1 Å². The Morgan fingerprint density at radius 2 is 2.00 bits per heavy atom. The maximum atomic E-state index is 12.6. The summed E-state index contributed by atoms with van der Waals surface area (Å²) in [5.41, 5.74) is 3.26. The van der Waals surface area contributed by atoms with E-state index >= 15 is 0 Å². The number of carbonyl (C=O) groups excluding carboxylic acids is 1. The van der Waals surface area contributed by atoms with E-state index in [-0.39, 0.29) is 18.6 Å². The lowest BCUT2D eigenvalue weighted by molar-refractivity contribution is 0.0916. The summed E-state index contributed by atoms with van der Waals surface area (Å²) in [7, 11) is 0. The summed E-state index contributed by atoms with van der Waals surface area (Å²) < 4.78 is 11.2. The van der Waals surface area contributed by atoms with Gasteiger partial charge in [-0.05, 0) is 50.8 Å². The Hall–Kier alpha value is -2.30. The number of nitrogens with one attached hydrogen (secondary N) is 1. The summed E-state index contributed by atoms with van der Waals surface area (Å²) in [4.78, 5) is 12.6. The van der Waals surface area contributed by atoms with Crippen molar-refractivity contribution in [2.24, 2.45) is 0 Å². The molecule has 1 fully saturated rings. The van der Waals surface area contributed by atoms with Crippen LogP contribution in [-0.2, 0) is 6.61 Å². The second kappa shape index (κ2) is 7.72. The molecular formula is C20H26N2O3. The first-order valence-electron chi connectivity index (χ1n) is 9.00. The summed E-state index contributed by atoms with van der Waals surface area (Å²) in [6.07, 6.45) is 5.68. The van der Waals surface area contributed by atoms with E-state index in [0.29, 0.717) is 17.0 Å². The van der Waals surface area contributed by atoms with Gasteiger partial charge in [0.2, 0.25) is 0 Å². The molecule has 5 nitrogen and oxygen atoms in total. The van der Waals surface area contributed by atoms with Crippen LogP contribution < -0.4 is 10.1 Å². The molecular weight excluding hydrogens is 316 g/mol. The van der Waals surface area contributed by atoms with Gasteiger partial charge in [-0.1, -0.05) is 36.6 Å². The standard InChI is InChI=1S/C20H26N2O3/c1-13-9-10-14(2)18(11-13)24-12-17-15(3)25-22-19(17)20(23)21-16-7-5-4-6-8-16/h9-11,16H,4-8,12H2,1-3H3,(H,21,23). The van der Waals surface area contributed by atoms with Gasteiger partial charge in [0.1, 0.15) is 18.1 Å². The molecule has 0 saturated heterocycles. The minimum absolute atomic E-state index is 0.164. The molecule has 0 aliphatic heterocycles. The summed E-state index contributed by atoms with van der Waals surface area (Å²) >= 11 is 0. The lowest BCUT2D eigenvalue weighted by Crippen LogP contribution is -2.36. The molecule has 1 saturated carbocycles. The molecule has 0 bridgehead atoms. The number of aryl methyl sites for hydroxylation is 3. The molecule has 1 heterocycles. The van der Waals surface area contributed by atoms with Crippen molar-refractivity contribution in [1.82, 2.24) is 10.5 Å². The number of ether oxygens (including phenoxy) is 1. The molecule has 1 aliphatic carbocycles. The summed E-state index contributed by atoms with van der Waals surface area (Å²) in [5.74, 6) is 1.28. The van der Waals surface area contributed by atoms with Gasteiger partial charge in [-0.2, -0.15) is 0 Å². The largest absolute Gasteiger partial charge is 0.488 e. The zero-order chi connectivity index (χ0) is 17.8. The van der Waals surface area contributed by atoms with Gasteiger partial charge >= 0.3 is 0 Å². The van der Waals surface area contributed by atoms with E-state index in [4.69, 9.17) is 9.26 Å². The molecule has 5 heteroatoms. The molecule has 2 aromatic rings. The predicted octanol–water partition coefficient (Wildman–Crippen LogP) is 4.24. The van der Waals surface area contributed by atoms with E-state index in [1.165, 1.54) is 19.3 Å². The molecule has 1 aliphatic rings. The Kier molecular flexibility index (Phi) is 5.41. The van der Waals surface area contributed by atoms with Gasteiger partial charge in [-0.3, -0.25) is 4.79 Å². The minimum Gasteiger partial charge on any atom is -0.488 e. The van der Waals surface area contributed by atoms with Crippen molar-refractivity contribution in [3.05, 3.63) is 46.3 Å². The van der Waals surface area contributed by atoms with Crippen molar-refractivity contribution in [2.75, 3.05) is 0 Å². The highest BCUT2D eigenvalue weighted by atomic mass is 16.5. The lowest BCUT2D eigenvalue weighted by atomic mass is 9.95. The predicted molar refractivity (Wildman–Crippen MR) is 95.8 cm³/mol. The van der Waals surface area contributed by atoms with Crippen molar-refractivity contribution in [1.29, 1.82) is 0 Å². The van der Waals surface area contributed by atoms with Gasteiger partial charge in [-0.25, -0.2) is 0 Å². The average molecular weight is 342 g/mol. The molecule has 134 valence electrons. The molecule has 1 N–H and O–H groups in total. The van der Waals surface area contributed by atoms with Crippen LogP contribution in [0.2, 0.25) is 0 Å². The third-order valence-corrected chi connectivity index (χ3v) is 4.86. The summed E-state index contributed by atoms with van der Waals surface area (Å²) in [5, 5.41) is 7.06. The monoisotopic (exact) mass is 342 g/mol. The molecule has 1 amide bonds. The number of benzene rings is 1. The van der Waals surface area contributed by atoms with Crippen molar-refractivity contribution in [3.8, 4) is 5.75 Å². The quantitative estimate of drug-likeness (QED) is 0.882. The molecule has 1 aromatic carbocycles. The van der Waals surface area contributed by atoms with Crippen LogP contribution in [0.1, 0.15) is 65.0 Å². The zero-order valence-corrected chi connectivity index (χ0v) is 15.2. The number of amides is 1. The van der Waals surface area contributed by atoms with Crippen molar-refractivity contribution in [3.63, 3.8) is 0 Å². The number of carbonyl (C=O) groups is 1. The Morgan fingerprint density at radius 1 is 1.24 bits per heavy atom. The maximum Gasteiger partial charge on any atom is 0.274 e. The Balaban J connectivity index is 1.70. The van der Waals surface area contributed by atoms with Crippen molar-refractivity contribution in [2.45, 2.75) is 65.5 Å². The van der Waals surface area contributed by atoms with Crippen LogP contribution in [0.25, 0.3) is 0 Å². The van der Waals surface area contributed by atoms with Crippen LogP contribution in [0.4, 0.5) is 0 Å². The third kappa shape index (κ3) is 4.21. The second-order valence-corrected chi connectivity index (χ2v) is 6.93. The highest BCUT2D eigenvalue weighted by Crippen LogP contribution is 2.23. The van der Waals surface area contributed by atoms with Crippen LogP contribution >= 0.6 is 0 Å². The minimum atomic E-state index is -0.164. The maximum absolute atomic E-state index is 12.6. The molecule has 0 spiro atoms. The van der Waals surface area contributed by atoms with Gasteiger partial charge in [-0.15, -0.1) is 0 Å². The van der Waals surface area contributed by atoms with Crippen molar-refractivity contribution < 1.29 is 14.1 Å². The highest BCUT2D eigenvalue weighted by molar-refractivity contribution is 5.94. The van der Waals surface area contributed by atoms with E-state index in [1.807, 2.05) is 32.9 Å². The Bertz CT molecular complexity index is 745. The van der Waals surface area contributed by atoms with Crippen molar-refractivity contribution >= 4 is 5.91 Å². The molecule has 0 unspecified atom stereocenters. The number of aromatic nitrogens is 1. The molecule has 0 radical (unpaired) electrons. The second-order valence-electron chi connectivity index (χ2n) is 6.93. The first kappa shape index (κ1) is 17.5. The van der Waals surface area contributed by atoms with Gasteiger partial charge in [0, 0.05) is 6.04 Å². The normalized spacial score (nSPS) is 15.2. The summed E-state index contributed by atoms with van der Waals surface area (Å²) in [6, 6.07) is 6.32. The molecule has 0 atom stereocenters.